The number of benzene rings is 1. The Kier molecular flexibility index (Phi) is 2.49. The maximum absolute atomic E-state index is 5.59. The van der Waals surface area contributed by atoms with Crippen LogP contribution in [0.1, 0.15) is 5.69 Å². The highest BCUT2D eigenvalue weighted by atomic mass is 15.0. The molecule has 0 spiro atoms. The first-order valence-electron chi connectivity index (χ1n) is 4.65. The van der Waals surface area contributed by atoms with Crippen molar-refractivity contribution >= 4 is 17.2 Å². The lowest BCUT2D eigenvalue weighted by Crippen LogP contribution is -1.95. The van der Waals surface area contributed by atoms with Crippen molar-refractivity contribution in [3.05, 3.63) is 42.4 Å². The topological polar surface area (TPSA) is 63.8 Å². The minimum absolute atomic E-state index is 0.749. The van der Waals surface area contributed by atoms with Crippen LogP contribution in [0.4, 0.5) is 17.2 Å². The number of nitrogens with two attached hydrogens (primary N) is 1. The van der Waals surface area contributed by atoms with Gasteiger partial charge < -0.3 is 11.1 Å². The summed E-state index contributed by atoms with van der Waals surface area (Å²) in [7, 11) is 0. The summed E-state index contributed by atoms with van der Waals surface area (Å²) in [6, 6.07) is 9.39. The molecule has 4 heteroatoms. The second-order valence-corrected chi connectivity index (χ2v) is 3.29. The van der Waals surface area contributed by atoms with Gasteiger partial charge in [0.15, 0.2) is 0 Å². The minimum Gasteiger partial charge on any atom is -0.399 e. The summed E-state index contributed by atoms with van der Waals surface area (Å²) in [5.41, 5.74) is 8.23. The second-order valence-electron chi connectivity index (χ2n) is 3.29. The molecule has 0 aliphatic rings. The van der Waals surface area contributed by atoms with Crippen LogP contribution in [0.2, 0.25) is 0 Å². The third-order valence-corrected chi connectivity index (χ3v) is 1.99. The van der Waals surface area contributed by atoms with Gasteiger partial charge in [0, 0.05) is 23.1 Å². The van der Waals surface area contributed by atoms with Gasteiger partial charge in [0.25, 0.3) is 0 Å². The number of anilines is 3. The molecule has 0 unspecified atom stereocenters. The van der Waals surface area contributed by atoms with Crippen molar-refractivity contribution in [2.75, 3.05) is 11.1 Å². The van der Waals surface area contributed by atoms with Crippen molar-refractivity contribution in [3.8, 4) is 0 Å². The number of nitrogen functional groups attached to an aromatic ring is 1. The van der Waals surface area contributed by atoms with Crippen LogP contribution in [0.3, 0.4) is 0 Å². The van der Waals surface area contributed by atoms with Crippen molar-refractivity contribution in [1.29, 1.82) is 0 Å². The largest absolute Gasteiger partial charge is 0.399 e. The molecular formula is C11H12N4. The first-order chi connectivity index (χ1) is 7.24. The molecule has 2 aromatic rings. The van der Waals surface area contributed by atoms with Crippen molar-refractivity contribution in [2.24, 2.45) is 0 Å². The Morgan fingerprint density at radius 2 is 1.87 bits per heavy atom. The molecule has 0 aliphatic carbocycles. The SMILES string of the molecule is Cc1cc(Nc2ccc(N)cc2)ncn1. The van der Waals surface area contributed by atoms with Gasteiger partial charge in [-0.2, -0.15) is 0 Å². The van der Waals surface area contributed by atoms with Crippen molar-refractivity contribution in [2.45, 2.75) is 6.92 Å². The van der Waals surface area contributed by atoms with E-state index in [0.717, 1.165) is 22.9 Å². The lowest BCUT2D eigenvalue weighted by Gasteiger charge is -2.05. The summed E-state index contributed by atoms with van der Waals surface area (Å²) in [6.07, 6.45) is 1.54. The Labute approximate surface area is 88.2 Å². The summed E-state index contributed by atoms with van der Waals surface area (Å²) in [6.45, 7) is 1.93. The standard InChI is InChI=1S/C11H12N4/c1-8-6-11(14-7-13-8)15-10-4-2-9(12)3-5-10/h2-7H,12H2,1H3,(H,13,14,15). The molecule has 4 nitrogen and oxygen atoms in total. The molecule has 1 heterocycles. The molecule has 0 aliphatic heterocycles. The Morgan fingerprint density at radius 3 is 2.53 bits per heavy atom. The summed E-state index contributed by atoms with van der Waals surface area (Å²) in [4.78, 5) is 8.13. The average Bonchev–Trinajstić information content (AvgIpc) is 2.22. The number of nitrogens with one attached hydrogen (secondary N) is 1. The Balaban J connectivity index is 2.18. The number of rotatable bonds is 2. The van der Waals surface area contributed by atoms with E-state index in [0.29, 0.717) is 0 Å². The fourth-order valence-corrected chi connectivity index (χ4v) is 1.24. The van der Waals surface area contributed by atoms with E-state index in [1.807, 2.05) is 37.3 Å². The summed E-state index contributed by atoms with van der Waals surface area (Å²) < 4.78 is 0. The van der Waals surface area contributed by atoms with Crippen molar-refractivity contribution in [1.82, 2.24) is 9.97 Å². The molecule has 0 radical (unpaired) electrons. The molecule has 0 bridgehead atoms. The molecular weight excluding hydrogens is 188 g/mol. The van der Waals surface area contributed by atoms with E-state index < -0.39 is 0 Å². The first-order valence-corrected chi connectivity index (χ1v) is 4.65. The van der Waals surface area contributed by atoms with E-state index in [2.05, 4.69) is 15.3 Å². The van der Waals surface area contributed by atoms with Crippen LogP contribution in [0, 0.1) is 6.92 Å². The highest BCUT2D eigenvalue weighted by Gasteiger charge is 1.96. The molecule has 1 aromatic heterocycles. The predicted molar refractivity (Wildman–Crippen MR) is 60.9 cm³/mol. The van der Waals surface area contributed by atoms with Crippen molar-refractivity contribution < 1.29 is 0 Å². The Morgan fingerprint density at radius 1 is 1.13 bits per heavy atom. The second kappa shape index (κ2) is 3.96. The number of aromatic nitrogens is 2. The molecule has 3 N–H and O–H groups in total. The molecule has 0 amide bonds. The van der Waals surface area contributed by atoms with Crippen molar-refractivity contribution in [3.63, 3.8) is 0 Å². The number of hydrogen-bond donors (Lipinski definition) is 2. The highest BCUT2D eigenvalue weighted by Crippen LogP contribution is 2.15. The maximum Gasteiger partial charge on any atom is 0.133 e. The number of aryl methyl sites for hydroxylation is 1. The van der Waals surface area contributed by atoms with Crippen LogP contribution in [0.15, 0.2) is 36.7 Å². The lowest BCUT2D eigenvalue weighted by molar-refractivity contribution is 1.10. The summed E-state index contributed by atoms with van der Waals surface area (Å²) in [5, 5.41) is 3.17. The molecule has 0 atom stereocenters. The van der Waals surface area contributed by atoms with Gasteiger partial charge in [-0.05, 0) is 31.2 Å². The Bertz CT molecular complexity index is 450. The van der Waals surface area contributed by atoms with E-state index in [-0.39, 0.29) is 0 Å². The summed E-state index contributed by atoms with van der Waals surface area (Å²) >= 11 is 0. The third-order valence-electron chi connectivity index (χ3n) is 1.99. The maximum atomic E-state index is 5.59. The van der Waals surface area contributed by atoms with E-state index in [1.54, 1.807) is 0 Å². The molecule has 76 valence electrons. The molecule has 0 saturated carbocycles. The Hall–Kier alpha value is -2.10. The minimum atomic E-state index is 0.749. The number of nitrogens with zero attached hydrogens (tertiary/aromatic N) is 2. The van der Waals surface area contributed by atoms with Gasteiger partial charge in [-0.3, -0.25) is 0 Å². The monoisotopic (exact) mass is 200 g/mol. The average molecular weight is 200 g/mol. The van der Waals surface area contributed by atoms with Crippen LogP contribution in [-0.4, -0.2) is 9.97 Å². The van der Waals surface area contributed by atoms with Crippen LogP contribution in [0.25, 0.3) is 0 Å². The summed E-state index contributed by atoms with van der Waals surface area (Å²) in [5.74, 6) is 0.785. The van der Waals surface area contributed by atoms with Gasteiger partial charge in [-0.1, -0.05) is 0 Å². The molecule has 2 rings (SSSR count). The number of hydrogen-bond acceptors (Lipinski definition) is 4. The van der Waals surface area contributed by atoms with Gasteiger partial charge in [0.2, 0.25) is 0 Å². The normalized spacial score (nSPS) is 9.93. The van der Waals surface area contributed by atoms with Gasteiger partial charge in [0.05, 0.1) is 0 Å². The fraction of sp³-hybridized carbons (Fsp3) is 0.0909. The van der Waals surface area contributed by atoms with Crippen LogP contribution >= 0.6 is 0 Å². The first kappa shape index (κ1) is 9.45. The van der Waals surface area contributed by atoms with Crippen LogP contribution in [0.5, 0.6) is 0 Å². The van der Waals surface area contributed by atoms with Crippen LogP contribution < -0.4 is 11.1 Å². The quantitative estimate of drug-likeness (QED) is 0.729. The lowest BCUT2D eigenvalue weighted by atomic mass is 10.3. The predicted octanol–water partition coefficient (Wildman–Crippen LogP) is 2.11. The molecule has 1 aromatic carbocycles. The van der Waals surface area contributed by atoms with E-state index in [9.17, 15) is 0 Å². The third kappa shape index (κ3) is 2.43. The van der Waals surface area contributed by atoms with E-state index in [1.165, 1.54) is 6.33 Å². The fourth-order valence-electron chi connectivity index (χ4n) is 1.24. The van der Waals surface area contributed by atoms with Gasteiger partial charge in [-0.25, -0.2) is 9.97 Å². The van der Waals surface area contributed by atoms with Gasteiger partial charge in [-0.15, -0.1) is 0 Å². The van der Waals surface area contributed by atoms with Crippen LogP contribution in [-0.2, 0) is 0 Å². The zero-order valence-electron chi connectivity index (χ0n) is 8.44. The van der Waals surface area contributed by atoms with E-state index >= 15 is 0 Å². The van der Waals surface area contributed by atoms with Gasteiger partial charge in [0.1, 0.15) is 12.1 Å². The smallest absolute Gasteiger partial charge is 0.133 e. The zero-order valence-corrected chi connectivity index (χ0v) is 8.44. The molecule has 0 saturated heterocycles. The highest BCUT2D eigenvalue weighted by molar-refractivity contribution is 5.58. The zero-order chi connectivity index (χ0) is 10.7. The van der Waals surface area contributed by atoms with Gasteiger partial charge >= 0.3 is 0 Å². The molecule has 15 heavy (non-hydrogen) atoms. The van der Waals surface area contributed by atoms with E-state index in [4.69, 9.17) is 5.73 Å². The molecule has 0 fully saturated rings.